The minimum Gasteiger partial charge on any atom is -0.494 e. The second-order valence-corrected chi connectivity index (χ2v) is 35.4. The fourth-order valence-electron chi connectivity index (χ4n) is 20.0. The predicted molar refractivity (Wildman–Crippen MR) is 518 cm³/mol. The molecule has 0 fully saturated rings. The number of aryl methyl sites for hydroxylation is 12. The highest BCUT2D eigenvalue weighted by molar-refractivity contribution is 6.29. The molecule has 8 N–H and O–H groups in total. The maximum absolute atomic E-state index is 14.3. The van der Waals surface area contributed by atoms with Crippen molar-refractivity contribution in [1.29, 1.82) is 0 Å². The quantitative estimate of drug-likeness (QED) is 0.0168. The van der Waals surface area contributed by atoms with Crippen molar-refractivity contribution in [2.45, 2.75) is 265 Å². The van der Waals surface area contributed by atoms with Crippen LogP contribution in [0.3, 0.4) is 0 Å². The molecule has 12 rings (SSSR count). The molecule has 10 aromatic rings. The monoisotopic (exact) mass is 1800 g/mol. The zero-order valence-electron chi connectivity index (χ0n) is 80.0. The van der Waals surface area contributed by atoms with E-state index in [2.05, 4.69) is 0 Å². The van der Waals surface area contributed by atoms with Crippen molar-refractivity contribution < 1.29 is 79.2 Å². The first kappa shape index (κ1) is 97.5. The largest absolute Gasteiger partial charge is 0.494 e. The van der Waals surface area contributed by atoms with Crippen molar-refractivity contribution in [2.24, 2.45) is 0 Å². The Morgan fingerprint density at radius 1 is 0.280 bits per heavy atom. The van der Waals surface area contributed by atoms with Gasteiger partial charge in [0, 0.05) is 100 Å². The fourth-order valence-corrected chi connectivity index (χ4v) is 20.0. The number of amides is 8. The van der Waals surface area contributed by atoms with Crippen LogP contribution in [0.4, 0.5) is 34.1 Å². The van der Waals surface area contributed by atoms with Gasteiger partial charge in [0.2, 0.25) is 70.7 Å². The molecule has 26 heteroatoms. The molecule has 2 aliphatic rings. The molecule has 0 spiro atoms. The zero-order valence-corrected chi connectivity index (χ0v) is 80.0. The molecule has 2 aliphatic heterocycles. The van der Waals surface area contributed by atoms with Crippen LogP contribution in [0.25, 0.3) is 22.7 Å². The van der Waals surface area contributed by atoms with E-state index in [0.717, 1.165) is 100 Å². The van der Waals surface area contributed by atoms with Crippen LogP contribution >= 0.6 is 0 Å². The average molecular weight is 1800 g/mol. The summed E-state index contributed by atoms with van der Waals surface area (Å²) in [5.41, 5.74) is 16.9. The minimum absolute atomic E-state index is 0.00918. The Morgan fingerprint density at radius 2 is 0.485 bits per heavy atom. The maximum atomic E-state index is 14.3. The maximum Gasteiger partial charge on any atom is 0.258 e. The number of hydrogen-bond donors (Lipinski definition) is 8. The minimum atomic E-state index is -1.19. The summed E-state index contributed by atoms with van der Waals surface area (Å²) in [5, 5.41) is 98.1. The van der Waals surface area contributed by atoms with Gasteiger partial charge in [-0.05, 0) is 236 Å². The van der Waals surface area contributed by atoms with E-state index in [1.54, 1.807) is 13.8 Å². The zero-order chi connectivity index (χ0) is 96.5. The van der Waals surface area contributed by atoms with E-state index >= 15 is 0 Å². The van der Waals surface area contributed by atoms with E-state index < -0.39 is 46.5 Å². The van der Waals surface area contributed by atoms with Crippen molar-refractivity contribution in [3.63, 3.8) is 0 Å². The summed E-state index contributed by atoms with van der Waals surface area (Å²) < 4.78 is 5.42. The Labute approximate surface area is 773 Å². The third kappa shape index (κ3) is 18.3. The first-order chi connectivity index (χ1) is 62.7. The van der Waals surface area contributed by atoms with Gasteiger partial charge in [-0.3, -0.25) is 38.4 Å². The van der Waals surface area contributed by atoms with Gasteiger partial charge in [0.25, 0.3) is 23.6 Å². The third-order valence-electron chi connectivity index (χ3n) is 26.6. The number of hydrogen-bond acceptors (Lipinski definition) is 16. The normalized spacial score (nSPS) is 13.2. The van der Waals surface area contributed by atoms with Gasteiger partial charge in [-0.2, -0.15) is 0 Å². The lowest BCUT2D eigenvalue weighted by molar-refractivity contribution is -0.121. The number of anilines is 6. The first-order valence-electron chi connectivity index (χ1n) is 46.5. The molecule has 6 aromatic carbocycles. The summed E-state index contributed by atoms with van der Waals surface area (Å²) in [6.45, 7) is 36.4. The van der Waals surface area contributed by atoms with E-state index in [-0.39, 0.29) is 108 Å². The standard InChI is InChI=1S/C106H128N10O16/c1-21-71-45-65(46-72(22-2)95(71)109-87(121)34-35-88(109)122)42-67-49-75(25-5)97(76(26-6)50-67)111-91(125)57-83(101(111)129)107(61(14)117)40-38-105(18,19)115(63(16)119)85-59-93(127)113(103(85)131)99-79(29-9)53-70(54-80(99)30-10)44-69-51-77(27-7)98(78(28-8)52-69)112-92(126)58-84(102(112)130)108(62(15)118)41-39-106(20,33-13)116(64(17)120)86-60-94(128)114(104(86)132)100-81(31-11)55-68(56-82(100)32-12)43-66-47-73(23-3)96(74(24-4)48-66)110-89(123)36-37-90(110)124/h34-37,45-60,125-132H,21-33,38-44H2,1-20H3. The lowest BCUT2D eigenvalue weighted by Gasteiger charge is -2.41. The molecule has 0 radical (unpaired) electrons. The number of aromatic hydroxyl groups is 8. The topological polar surface area (TPSA) is 338 Å². The third-order valence-corrected chi connectivity index (χ3v) is 26.6. The van der Waals surface area contributed by atoms with E-state index in [0.29, 0.717) is 137 Å². The van der Waals surface area contributed by atoms with Gasteiger partial charge in [0.1, 0.15) is 22.7 Å². The molecule has 132 heavy (non-hydrogen) atoms. The number of rotatable bonds is 37. The fraction of sp³-hybridized carbons (Fsp3) is 0.396. The molecule has 8 amide bonds. The van der Waals surface area contributed by atoms with E-state index in [9.17, 15) is 79.2 Å². The Bertz CT molecular complexity index is 6110. The summed E-state index contributed by atoms with van der Waals surface area (Å²) in [6.07, 6.45) is 13.3. The van der Waals surface area contributed by atoms with E-state index in [1.807, 2.05) is 170 Å². The molecule has 6 heterocycles. The SMILES string of the molecule is CCc1cc(Cc2cc(CC)c(-n3c(O)cc(N(CCC(C)(C)N(C(C)=O)c4cc(O)n(-c5c(CC)cc(Cc6cc(CC)c(-n7c(O)cc(N(CCC(C)(CC)N(C(C)=O)c8cc(O)n(-c9c(CC)cc(Cc%10cc(CC)c(N%11C(=O)C=CC%11=O)c(CC)c%10)cc9CC)c8O)C(C)=O)c7O)c(CC)c6)cc5CC)c4O)C(C)=O)c3O)c(CC)c2)cc(CC)c1N1C(=O)C=CC1=O. The molecule has 4 aromatic heterocycles. The van der Waals surface area contributed by atoms with Crippen molar-refractivity contribution in [1.82, 2.24) is 18.3 Å². The van der Waals surface area contributed by atoms with Crippen LogP contribution in [0.2, 0.25) is 0 Å². The second kappa shape index (κ2) is 39.7. The molecule has 26 nitrogen and oxygen atoms in total. The predicted octanol–water partition coefficient (Wildman–Crippen LogP) is 18.4. The highest BCUT2D eigenvalue weighted by atomic mass is 16.3. The average Bonchev–Trinajstić information content (AvgIpc) is 1.50. The Hall–Kier alpha value is -13.5. The second-order valence-electron chi connectivity index (χ2n) is 35.4. The van der Waals surface area contributed by atoms with Crippen LogP contribution in [0, 0.1) is 0 Å². The highest BCUT2D eigenvalue weighted by Gasteiger charge is 2.42. The Morgan fingerprint density at radius 3 is 0.697 bits per heavy atom. The lowest BCUT2D eigenvalue weighted by Crippen LogP contribution is -2.51. The molecule has 0 bridgehead atoms. The van der Waals surface area contributed by atoms with Crippen LogP contribution in [-0.4, -0.2) is 131 Å². The first-order valence-corrected chi connectivity index (χ1v) is 46.5. The molecule has 1 unspecified atom stereocenters. The molecular weight excluding hydrogens is 1670 g/mol. The van der Waals surface area contributed by atoms with Gasteiger partial charge in [-0.15, -0.1) is 0 Å². The van der Waals surface area contributed by atoms with Crippen molar-refractivity contribution in [3.8, 4) is 69.8 Å². The van der Waals surface area contributed by atoms with Crippen LogP contribution in [0.5, 0.6) is 47.0 Å². The Balaban J connectivity index is 0.771. The van der Waals surface area contributed by atoms with Gasteiger partial charge in [-0.25, -0.2) is 28.1 Å². The van der Waals surface area contributed by atoms with Crippen LogP contribution < -0.4 is 29.4 Å². The number of imide groups is 2. The molecule has 0 aliphatic carbocycles. The van der Waals surface area contributed by atoms with Gasteiger partial charge in [0.15, 0.2) is 0 Å². The van der Waals surface area contributed by atoms with Crippen LogP contribution in [0.1, 0.15) is 258 Å². The molecule has 0 saturated heterocycles. The summed E-state index contributed by atoms with van der Waals surface area (Å²) >= 11 is 0. The Kier molecular flexibility index (Phi) is 29.3. The summed E-state index contributed by atoms with van der Waals surface area (Å²) in [4.78, 5) is 116. The smallest absolute Gasteiger partial charge is 0.258 e. The molecule has 0 saturated carbocycles. The summed E-state index contributed by atoms with van der Waals surface area (Å²) in [5.74, 6) is -6.20. The van der Waals surface area contributed by atoms with Crippen LogP contribution in [-0.2, 0) is 135 Å². The number of aromatic nitrogens is 4. The number of carbonyl (C=O) groups is 8. The van der Waals surface area contributed by atoms with Crippen LogP contribution in [0.15, 0.2) is 121 Å². The van der Waals surface area contributed by atoms with E-state index in [1.165, 1.54) is 124 Å². The van der Waals surface area contributed by atoms with E-state index in [4.69, 9.17) is 0 Å². The van der Waals surface area contributed by atoms with Gasteiger partial charge >= 0.3 is 0 Å². The number of nitrogens with zero attached hydrogens (tertiary/aromatic N) is 10. The highest BCUT2D eigenvalue weighted by Crippen LogP contribution is 2.50. The van der Waals surface area contributed by atoms with Crippen molar-refractivity contribution in [2.75, 3.05) is 42.5 Å². The summed E-state index contributed by atoms with van der Waals surface area (Å²) in [7, 11) is 0. The van der Waals surface area contributed by atoms with Gasteiger partial charge in [0.05, 0.1) is 34.1 Å². The lowest BCUT2D eigenvalue weighted by atomic mass is 9.91. The van der Waals surface area contributed by atoms with Gasteiger partial charge in [-0.1, -0.05) is 163 Å². The van der Waals surface area contributed by atoms with Crippen molar-refractivity contribution in [3.05, 3.63) is 222 Å². The molecular formula is C106H128N10O16. The summed E-state index contributed by atoms with van der Waals surface area (Å²) in [6, 6.07) is 29.9. The van der Waals surface area contributed by atoms with Crippen molar-refractivity contribution >= 4 is 81.4 Å². The molecule has 1 atom stereocenters. The number of carbonyl (C=O) groups excluding carboxylic acids is 8. The number of benzene rings is 6. The molecule has 698 valence electrons. The van der Waals surface area contributed by atoms with Gasteiger partial charge < -0.3 is 60.5 Å².